The first kappa shape index (κ1) is 14.1. The van der Waals surface area contributed by atoms with Crippen LogP contribution in [0, 0.1) is 0 Å². The van der Waals surface area contributed by atoms with E-state index in [9.17, 15) is 14.6 Å². The lowest BCUT2D eigenvalue weighted by atomic mass is 9.90. The van der Waals surface area contributed by atoms with E-state index in [1.165, 1.54) is 0 Å². The van der Waals surface area contributed by atoms with Crippen LogP contribution in [0.3, 0.4) is 0 Å². The van der Waals surface area contributed by atoms with E-state index >= 15 is 0 Å². The second kappa shape index (κ2) is 4.31. The van der Waals surface area contributed by atoms with Crippen molar-refractivity contribution in [3.05, 3.63) is 18.2 Å². The van der Waals surface area contributed by atoms with Crippen LogP contribution in [0.2, 0.25) is 0 Å². The summed E-state index contributed by atoms with van der Waals surface area (Å²) < 4.78 is 21.0. The molecule has 0 aromatic carbocycles. The molecule has 0 aliphatic carbocycles. The van der Waals surface area contributed by atoms with Crippen molar-refractivity contribution in [2.24, 2.45) is 0 Å². The van der Waals surface area contributed by atoms with Crippen molar-refractivity contribution in [3.8, 4) is 0 Å². The van der Waals surface area contributed by atoms with Gasteiger partial charge in [0, 0.05) is 0 Å². The van der Waals surface area contributed by atoms with Gasteiger partial charge >= 0.3 is 0 Å². The van der Waals surface area contributed by atoms with E-state index < -0.39 is 30.3 Å². The normalized spacial score (nSPS) is 36.4. The van der Waals surface area contributed by atoms with Crippen LogP contribution in [-0.4, -0.2) is 59.4 Å². The second-order valence-electron chi connectivity index (χ2n) is 5.03. The molecule has 114 valence electrons. The maximum absolute atomic E-state index is 14.8. The molecule has 3 heterocycles. The molecule has 9 nitrogen and oxygen atoms in total. The zero-order valence-corrected chi connectivity index (χ0v) is 11.0. The molecular formula is C11H14FN5O4. The van der Waals surface area contributed by atoms with Crippen LogP contribution in [0.25, 0.3) is 5.65 Å². The van der Waals surface area contributed by atoms with Crippen molar-refractivity contribution in [2.45, 2.75) is 30.6 Å². The van der Waals surface area contributed by atoms with Crippen molar-refractivity contribution in [2.75, 3.05) is 12.3 Å². The largest absolute Gasteiger partial charge is 0.394 e. The predicted octanol–water partition coefficient (Wildman–Crippen LogP) is -1.67. The predicted molar refractivity (Wildman–Crippen MR) is 66.6 cm³/mol. The van der Waals surface area contributed by atoms with Crippen molar-refractivity contribution >= 4 is 11.5 Å². The Balaban J connectivity index is 2.19. The highest BCUT2D eigenvalue weighted by Gasteiger charge is 2.66. The molecule has 1 unspecified atom stereocenters. The Morgan fingerprint density at radius 1 is 1.52 bits per heavy atom. The van der Waals surface area contributed by atoms with Crippen molar-refractivity contribution in [3.63, 3.8) is 0 Å². The lowest BCUT2D eigenvalue weighted by Crippen LogP contribution is -2.49. The van der Waals surface area contributed by atoms with Gasteiger partial charge in [-0.3, -0.25) is 0 Å². The highest BCUT2D eigenvalue weighted by Crippen LogP contribution is 2.47. The number of hydrogen-bond acceptors (Lipinski definition) is 8. The Bertz CT molecular complexity index is 692. The van der Waals surface area contributed by atoms with E-state index in [2.05, 4.69) is 15.1 Å². The molecule has 0 saturated carbocycles. The summed E-state index contributed by atoms with van der Waals surface area (Å²) in [6, 6.07) is 0. The highest BCUT2D eigenvalue weighted by atomic mass is 19.1. The molecule has 1 fully saturated rings. The molecule has 1 aliphatic heterocycles. The topological polar surface area (TPSA) is 139 Å². The zero-order chi connectivity index (χ0) is 15.4. The Hall–Kier alpha value is -1.88. The number of hydrogen-bond donors (Lipinski definition) is 4. The van der Waals surface area contributed by atoms with E-state index in [0.717, 1.165) is 24.0 Å². The van der Waals surface area contributed by atoms with Gasteiger partial charge in [0.2, 0.25) is 5.79 Å². The average Bonchev–Trinajstić information content (AvgIpc) is 2.95. The van der Waals surface area contributed by atoms with Crippen molar-refractivity contribution in [1.82, 2.24) is 19.6 Å². The average molecular weight is 299 g/mol. The van der Waals surface area contributed by atoms with E-state index in [0.29, 0.717) is 0 Å². The van der Waals surface area contributed by atoms with Gasteiger partial charge in [0.1, 0.15) is 24.2 Å². The summed E-state index contributed by atoms with van der Waals surface area (Å²) in [7, 11) is 0. The molecule has 10 heteroatoms. The number of aromatic nitrogens is 4. The van der Waals surface area contributed by atoms with E-state index in [1.54, 1.807) is 0 Å². The smallest absolute Gasteiger partial charge is 0.249 e. The third-order valence-corrected chi connectivity index (χ3v) is 3.75. The van der Waals surface area contributed by atoms with Gasteiger partial charge < -0.3 is 25.8 Å². The molecule has 0 radical (unpaired) electrons. The number of rotatable bonds is 2. The number of halogens is 1. The first-order chi connectivity index (χ1) is 9.83. The quantitative estimate of drug-likeness (QED) is 0.516. The molecule has 0 spiro atoms. The fourth-order valence-electron chi connectivity index (χ4n) is 2.46. The minimum absolute atomic E-state index is 0.0395. The number of imidazole rings is 1. The molecular weight excluding hydrogens is 285 g/mol. The Morgan fingerprint density at radius 2 is 2.24 bits per heavy atom. The minimum atomic E-state index is -2.59. The molecule has 4 atom stereocenters. The molecule has 2 aromatic heterocycles. The molecule has 2 aromatic rings. The number of fused-ring (bicyclic) bond motifs is 1. The van der Waals surface area contributed by atoms with Crippen LogP contribution in [0.15, 0.2) is 12.5 Å². The maximum atomic E-state index is 14.8. The van der Waals surface area contributed by atoms with Gasteiger partial charge in [0.25, 0.3) is 0 Å². The first-order valence-electron chi connectivity index (χ1n) is 6.15. The second-order valence-corrected chi connectivity index (χ2v) is 5.03. The number of aliphatic hydroxyl groups excluding tert-OH is 2. The Labute approximate surface area is 117 Å². The Morgan fingerprint density at radius 3 is 2.86 bits per heavy atom. The van der Waals surface area contributed by atoms with Gasteiger partial charge in [-0.25, -0.2) is 18.9 Å². The number of nitrogens with zero attached hydrogens (tertiary/aromatic N) is 4. The lowest BCUT2D eigenvalue weighted by Gasteiger charge is -2.31. The molecule has 5 N–H and O–H groups in total. The summed E-state index contributed by atoms with van der Waals surface area (Å²) in [6.45, 7) is 0.314. The summed E-state index contributed by atoms with van der Waals surface area (Å²) in [5.74, 6) is -2.50. The molecule has 21 heavy (non-hydrogen) atoms. The van der Waals surface area contributed by atoms with Crippen LogP contribution in [-0.2, 0) is 10.5 Å². The number of nitrogen functional groups attached to an aromatic ring is 1. The molecule has 0 amide bonds. The van der Waals surface area contributed by atoms with Gasteiger partial charge in [-0.15, -0.1) is 0 Å². The van der Waals surface area contributed by atoms with Gasteiger partial charge in [0.15, 0.2) is 17.1 Å². The first-order valence-corrected chi connectivity index (χ1v) is 6.15. The summed E-state index contributed by atoms with van der Waals surface area (Å²) in [5, 5.41) is 33.5. The number of alkyl halides is 1. The summed E-state index contributed by atoms with van der Waals surface area (Å²) in [6.07, 6.45) is -0.765. The van der Waals surface area contributed by atoms with Gasteiger partial charge in [0.05, 0.1) is 12.8 Å². The number of ether oxygens (including phenoxy) is 1. The van der Waals surface area contributed by atoms with Crippen LogP contribution in [0.1, 0.15) is 12.6 Å². The number of aliphatic hydroxyl groups is 3. The fraction of sp³-hybridized carbons (Fsp3) is 0.545. The third-order valence-electron chi connectivity index (χ3n) is 3.75. The third kappa shape index (κ3) is 1.67. The molecule has 1 aliphatic rings. The van der Waals surface area contributed by atoms with Crippen LogP contribution >= 0.6 is 0 Å². The molecule has 0 bridgehead atoms. The fourth-order valence-corrected chi connectivity index (χ4v) is 2.46. The van der Waals surface area contributed by atoms with Crippen molar-refractivity contribution in [1.29, 1.82) is 0 Å². The van der Waals surface area contributed by atoms with Gasteiger partial charge in [-0.2, -0.15) is 5.10 Å². The molecule has 1 saturated heterocycles. The highest BCUT2D eigenvalue weighted by molar-refractivity contribution is 5.59. The lowest BCUT2D eigenvalue weighted by molar-refractivity contribution is -0.256. The van der Waals surface area contributed by atoms with Crippen LogP contribution in [0.5, 0.6) is 0 Å². The summed E-state index contributed by atoms with van der Waals surface area (Å²) in [4.78, 5) is 7.64. The van der Waals surface area contributed by atoms with Gasteiger partial charge in [-0.1, -0.05) is 0 Å². The SMILES string of the molecule is C[C@@]1(F)[C@H](O)[C@@H](CO)OC1(O)c1cnc2c(N)ncnn12. The standard InChI is InChI=1S/C11H14FN5O4/c1-10(12)7(19)5(3-18)21-11(10,20)6-2-14-9-8(13)15-4-16-17(6)9/h2,4-5,7,18-20H,3H2,1H3,(H2,13,15,16)/t5-,7-,10-,11?/m1/s1. The van der Waals surface area contributed by atoms with E-state index in [1.807, 2.05) is 0 Å². The minimum Gasteiger partial charge on any atom is -0.394 e. The zero-order valence-electron chi connectivity index (χ0n) is 11.0. The van der Waals surface area contributed by atoms with Crippen molar-refractivity contribution < 1.29 is 24.4 Å². The Kier molecular flexibility index (Phi) is 2.89. The van der Waals surface area contributed by atoms with Gasteiger partial charge in [-0.05, 0) is 6.92 Å². The maximum Gasteiger partial charge on any atom is 0.249 e. The van der Waals surface area contributed by atoms with Crippen LogP contribution in [0.4, 0.5) is 10.2 Å². The molecule has 3 rings (SSSR count). The number of nitrogens with two attached hydrogens (primary N) is 1. The van der Waals surface area contributed by atoms with E-state index in [4.69, 9.17) is 15.6 Å². The van der Waals surface area contributed by atoms with Crippen LogP contribution < -0.4 is 5.73 Å². The summed E-state index contributed by atoms with van der Waals surface area (Å²) >= 11 is 0. The van der Waals surface area contributed by atoms with E-state index in [-0.39, 0.29) is 17.2 Å². The summed E-state index contributed by atoms with van der Waals surface area (Å²) in [5.41, 5.74) is 2.99. The monoisotopic (exact) mass is 299 g/mol. The number of anilines is 1.